The van der Waals surface area contributed by atoms with Gasteiger partial charge in [-0.15, -0.1) is 45.3 Å². The van der Waals surface area contributed by atoms with Crippen LogP contribution in [0.4, 0.5) is 0 Å². The molecule has 0 spiro atoms. The lowest BCUT2D eigenvalue weighted by molar-refractivity contribution is 1.50. The van der Waals surface area contributed by atoms with E-state index < -0.39 is 0 Å². The molecule has 4 heterocycles. The zero-order valence-corrected chi connectivity index (χ0v) is 28.1. The van der Waals surface area contributed by atoms with Crippen molar-refractivity contribution in [1.82, 2.24) is 0 Å². The summed E-state index contributed by atoms with van der Waals surface area (Å²) in [6.07, 6.45) is 0. The first-order valence-electron chi connectivity index (χ1n) is 15.1. The van der Waals surface area contributed by atoms with E-state index in [1.807, 2.05) is 0 Å². The lowest BCUT2D eigenvalue weighted by Gasteiger charge is -2.19. The number of rotatable bonds is 8. The molecule has 0 amide bonds. The van der Waals surface area contributed by atoms with Gasteiger partial charge in [0.25, 0.3) is 0 Å². The van der Waals surface area contributed by atoms with E-state index in [4.69, 9.17) is 0 Å². The molecule has 0 atom stereocenters. The topological polar surface area (TPSA) is 0 Å². The summed E-state index contributed by atoms with van der Waals surface area (Å²) in [5.41, 5.74) is 12.2. The van der Waals surface area contributed by atoms with Crippen molar-refractivity contribution >= 4 is 56.5 Å². The molecule has 0 aliphatic heterocycles. The van der Waals surface area contributed by atoms with Gasteiger partial charge in [-0.2, -0.15) is 0 Å². The molecule has 0 aliphatic rings. The molecular formula is C42H28S4. The molecule has 0 saturated carbocycles. The first kappa shape index (κ1) is 28.9. The van der Waals surface area contributed by atoms with Crippen LogP contribution in [-0.4, -0.2) is 0 Å². The average Bonchev–Trinajstić information content (AvgIpc) is 3.96. The van der Waals surface area contributed by atoms with Gasteiger partial charge in [-0.1, -0.05) is 121 Å². The van der Waals surface area contributed by atoms with Gasteiger partial charge in [0.1, 0.15) is 0 Å². The highest BCUT2D eigenvalue weighted by Gasteiger charge is 2.18. The Morgan fingerprint density at radius 2 is 0.478 bits per heavy atom. The Labute approximate surface area is 285 Å². The van der Waals surface area contributed by atoms with Crippen LogP contribution >= 0.6 is 45.3 Å². The monoisotopic (exact) mass is 660 g/mol. The molecule has 4 aromatic carbocycles. The maximum Gasteiger partial charge on any atom is 0.0342 e. The van der Waals surface area contributed by atoms with Gasteiger partial charge in [0.2, 0.25) is 0 Å². The first-order valence-corrected chi connectivity index (χ1v) is 18.6. The predicted octanol–water partition coefficient (Wildman–Crippen LogP) is 13.6. The van der Waals surface area contributed by atoms with E-state index in [0.717, 1.165) is 0 Å². The molecule has 0 radical (unpaired) electrons. The van der Waals surface area contributed by atoms with Gasteiger partial charge >= 0.3 is 0 Å². The molecule has 4 aromatic heterocycles. The van der Waals surface area contributed by atoms with Gasteiger partial charge < -0.3 is 0 Å². The Bertz CT molecular complexity index is 1840. The standard InChI is InChI=1S/C42H28S4/c1-5-37(43-25-1)29-9-17-33(18-10-29)41(34-19-11-30(12-20-34)38-6-2-26-44-38)42(35-21-13-31(14-22-35)39-7-3-27-45-39)36-23-15-32(16-24-36)40-8-4-28-46-40/h1-28H. The van der Waals surface area contributed by atoms with Gasteiger partial charge in [0.15, 0.2) is 0 Å². The third-order valence-corrected chi connectivity index (χ3v) is 11.8. The molecule has 0 unspecified atom stereocenters. The minimum Gasteiger partial charge on any atom is -0.144 e. The van der Waals surface area contributed by atoms with Crippen molar-refractivity contribution in [3.05, 3.63) is 189 Å². The summed E-state index contributed by atoms with van der Waals surface area (Å²) in [7, 11) is 0. The Morgan fingerprint density at radius 3 is 0.652 bits per heavy atom. The van der Waals surface area contributed by atoms with E-state index in [9.17, 15) is 0 Å². The first-order chi connectivity index (χ1) is 22.8. The van der Waals surface area contributed by atoms with Crippen molar-refractivity contribution in [3.8, 4) is 41.8 Å². The van der Waals surface area contributed by atoms with Crippen molar-refractivity contribution in [3.63, 3.8) is 0 Å². The van der Waals surface area contributed by atoms with Crippen LogP contribution in [0.5, 0.6) is 0 Å². The highest BCUT2D eigenvalue weighted by atomic mass is 32.1. The van der Waals surface area contributed by atoms with Crippen LogP contribution in [0.3, 0.4) is 0 Å². The molecule has 0 nitrogen and oxygen atoms in total. The van der Waals surface area contributed by atoms with Crippen molar-refractivity contribution in [2.75, 3.05) is 0 Å². The Balaban J connectivity index is 1.33. The number of benzene rings is 4. The summed E-state index contributed by atoms with van der Waals surface area (Å²) < 4.78 is 0. The summed E-state index contributed by atoms with van der Waals surface area (Å²) in [4.78, 5) is 5.13. The normalized spacial score (nSPS) is 11.0. The summed E-state index contributed by atoms with van der Waals surface area (Å²) >= 11 is 7.11. The molecule has 46 heavy (non-hydrogen) atoms. The maximum absolute atomic E-state index is 2.29. The minimum absolute atomic E-state index is 1.20. The van der Waals surface area contributed by atoms with Crippen LogP contribution in [-0.2, 0) is 0 Å². The second-order valence-electron chi connectivity index (χ2n) is 11.0. The van der Waals surface area contributed by atoms with E-state index >= 15 is 0 Å². The molecule has 220 valence electrons. The average molecular weight is 661 g/mol. The van der Waals surface area contributed by atoms with E-state index in [1.165, 1.54) is 75.2 Å². The fourth-order valence-electron chi connectivity index (χ4n) is 5.89. The largest absolute Gasteiger partial charge is 0.144 e. The van der Waals surface area contributed by atoms with Crippen LogP contribution in [0.2, 0.25) is 0 Å². The smallest absolute Gasteiger partial charge is 0.0342 e. The zero-order chi connectivity index (χ0) is 30.7. The van der Waals surface area contributed by atoms with Crippen LogP contribution in [0.1, 0.15) is 22.3 Å². The highest BCUT2D eigenvalue weighted by molar-refractivity contribution is 7.14. The van der Waals surface area contributed by atoms with Crippen LogP contribution in [0.15, 0.2) is 167 Å². The van der Waals surface area contributed by atoms with Crippen LogP contribution in [0.25, 0.3) is 52.9 Å². The molecule has 0 N–H and O–H groups in total. The Morgan fingerprint density at radius 1 is 0.261 bits per heavy atom. The van der Waals surface area contributed by atoms with Crippen molar-refractivity contribution in [2.24, 2.45) is 0 Å². The predicted molar refractivity (Wildman–Crippen MR) is 204 cm³/mol. The minimum atomic E-state index is 1.20. The SMILES string of the molecule is c1csc(-c2ccc(C(=C(c3ccc(-c4cccs4)cc3)c3ccc(-c4cccs4)cc3)c3ccc(-c4cccs4)cc3)cc2)c1. The Hall–Kier alpha value is -4.58. The zero-order valence-electron chi connectivity index (χ0n) is 24.8. The van der Waals surface area contributed by atoms with Crippen molar-refractivity contribution in [1.29, 1.82) is 0 Å². The molecule has 8 aromatic rings. The van der Waals surface area contributed by atoms with Crippen molar-refractivity contribution < 1.29 is 0 Å². The third-order valence-electron chi connectivity index (χ3n) is 8.17. The second kappa shape index (κ2) is 13.0. The van der Waals surface area contributed by atoms with Gasteiger partial charge in [-0.25, -0.2) is 0 Å². The van der Waals surface area contributed by atoms with Gasteiger partial charge in [0.05, 0.1) is 0 Å². The van der Waals surface area contributed by atoms with E-state index in [1.54, 1.807) is 45.3 Å². The summed E-state index contributed by atoms with van der Waals surface area (Å²) in [5, 5.41) is 8.56. The third kappa shape index (κ3) is 5.89. The second-order valence-corrected chi connectivity index (χ2v) is 14.8. The van der Waals surface area contributed by atoms with Gasteiger partial charge in [-0.05, 0) is 101 Å². The molecule has 0 saturated heterocycles. The fraction of sp³-hybridized carbons (Fsp3) is 0. The summed E-state index contributed by atoms with van der Waals surface area (Å²) in [6.45, 7) is 0. The molecule has 4 heteroatoms. The quantitative estimate of drug-likeness (QED) is 0.142. The lowest BCUT2D eigenvalue weighted by Crippen LogP contribution is -1.98. The van der Waals surface area contributed by atoms with Gasteiger partial charge in [0, 0.05) is 19.5 Å². The lowest BCUT2D eigenvalue weighted by atomic mass is 9.84. The molecule has 0 fully saturated rings. The number of hydrogen-bond acceptors (Lipinski definition) is 4. The fourth-order valence-corrected chi connectivity index (χ4v) is 8.82. The van der Waals surface area contributed by atoms with E-state index in [2.05, 4.69) is 167 Å². The summed E-state index contributed by atoms with van der Waals surface area (Å²) in [5.74, 6) is 0. The van der Waals surface area contributed by atoms with E-state index in [0.29, 0.717) is 0 Å². The molecule has 0 aliphatic carbocycles. The van der Waals surface area contributed by atoms with Crippen molar-refractivity contribution in [2.45, 2.75) is 0 Å². The molecule has 8 rings (SSSR count). The summed E-state index contributed by atoms with van der Waals surface area (Å²) in [6, 6.07) is 53.6. The highest BCUT2D eigenvalue weighted by Crippen LogP contribution is 2.40. The maximum atomic E-state index is 2.29. The number of thiophene rings is 4. The molecular weight excluding hydrogens is 633 g/mol. The van der Waals surface area contributed by atoms with Crippen LogP contribution < -0.4 is 0 Å². The molecule has 0 bridgehead atoms. The number of hydrogen-bond donors (Lipinski definition) is 0. The van der Waals surface area contributed by atoms with E-state index in [-0.39, 0.29) is 0 Å². The van der Waals surface area contributed by atoms with Crippen LogP contribution in [0, 0.1) is 0 Å². The van der Waals surface area contributed by atoms with Gasteiger partial charge in [-0.3, -0.25) is 0 Å². The Kier molecular flexibility index (Phi) is 8.18.